The second-order valence-electron chi connectivity index (χ2n) is 7.69. The fraction of sp³-hybridized carbons (Fsp3) is 0.364. The maximum Gasteiger partial charge on any atom is 0.220 e. The summed E-state index contributed by atoms with van der Waals surface area (Å²) in [7, 11) is 0. The first-order chi connectivity index (χ1) is 14.1. The van der Waals surface area contributed by atoms with E-state index in [-0.39, 0.29) is 11.8 Å². The van der Waals surface area contributed by atoms with Crippen LogP contribution in [0.2, 0.25) is 0 Å². The van der Waals surface area contributed by atoms with Crippen molar-refractivity contribution < 1.29 is 9.21 Å². The first-order valence-electron chi connectivity index (χ1n) is 10.0. The largest absolute Gasteiger partial charge is 0.460 e. The fourth-order valence-electron chi connectivity index (χ4n) is 3.84. The molecule has 4 rings (SSSR count). The summed E-state index contributed by atoms with van der Waals surface area (Å²) in [5, 5.41) is 10.7. The van der Waals surface area contributed by atoms with Gasteiger partial charge in [-0.15, -0.1) is 0 Å². The third-order valence-corrected chi connectivity index (χ3v) is 5.51. The molecule has 3 aromatic rings. The van der Waals surface area contributed by atoms with Crippen LogP contribution in [0.25, 0.3) is 11.5 Å². The van der Waals surface area contributed by atoms with E-state index in [9.17, 15) is 4.79 Å². The average molecular weight is 393 g/mol. The summed E-state index contributed by atoms with van der Waals surface area (Å²) in [5.74, 6) is 1.53. The molecule has 0 spiro atoms. The maximum absolute atomic E-state index is 11.3. The topological polar surface area (TPSA) is 100 Å². The zero-order chi connectivity index (χ0) is 20.2. The van der Waals surface area contributed by atoms with E-state index in [1.54, 1.807) is 0 Å². The van der Waals surface area contributed by atoms with E-state index in [2.05, 4.69) is 44.7 Å². The van der Waals surface area contributed by atoms with E-state index in [0.717, 1.165) is 60.9 Å². The Bertz CT molecular complexity index is 969. The minimum Gasteiger partial charge on any atom is -0.460 e. The number of hydrogen-bond donors (Lipinski definition) is 3. The Morgan fingerprint density at radius 3 is 2.86 bits per heavy atom. The van der Waals surface area contributed by atoms with Crippen molar-refractivity contribution in [3.63, 3.8) is 0 Å². The lowest BCUT2D eigenvalue weighted by Gasteiger charge is -2.30. The van der Waals surface area contributed by atoms with Crippen LogP contribution < -0.4 is 11.1 Å². The lowest BCUT2D eigenvalue weighted by atomic mass is 9.96. The molecule has 0 radical (unpaired) electrons. The first-order valence-corrected chi connectivity index (χ1v) is 10.0. The Morgan fingerprint density at radius 1 is 1.31 bits per heavy atom. The molecule has 1 aromatic carbocycles. The van der Waals surface area contributed by atoms with Gasteiger partial charge < -0.3 is 15.5 Å². The molecule has 0 aliphatic carbocycles. The van der Waals surface area contributed by atoms with E-state index in [4.69, 9.17) is 10.2 Å². The van der Waals surface area contributed by atoms with Gasteiger partial charge >= 0.3 is 0 Å². The molecule has 0 saturated carbocycles. The summed E-state index contributed by atoms with van der Waals surface area (Å²) in [4.78, 5) is 13.7. The number of nitrogens with two attached hydrogens (primary N) is 1. The highest BCUT2D eigenvalue weighted by molar-refractivity contribution is 5.76. The molecular formula is C22H27N5O2. The number of benzene rings is 1. The molecule has 29 heavy (non-hydrogen) atoms. The third kappa shape index (κ3) is 4.68. The van der Waals surface area contributed by atoms with Crippen LogP contribution in [0.15, 0.2) is 47.0 Å². The van der Waals surface area contributed by atoms with Gasteiger partial charge in [-0.05, 0) is 62.7 Å². The number of carbonyl (C=O) groups excluding carboxylic acids is 1. The molecular weight excluding hydrogens is 366 g/mol. The standard InChI is InChI=1S/C22H27N5O2/c1-15-5-6-20(29-15)21-18(13-25-26-21)12-24-19-4-2-3-16(11-19)14-27-9-7-17(8-10-27)22(23)28/h2-6,11,13,17,24H,7-10,12,14H2,1H3,(H2,23,28)(H,25,26). The van der Waals surface area contributed by atoms with Gasteiger partial charge in [0, 0.05) is 30.3 Å². The van der Waals surface area contributed by atoms with Gasteiger partial charge in [-0.2, -0.15) is 5.10 Å². The number of aromatic amines is 1. The second-order valence-corrected chi connectivity index (χ2v) is 7.69. The van der Waals surface area contributed by atoms with Gasteiger partial charge in [0.1, 0.15) is 11.5 Å². The lowest BCUT2D eigenvalue weighted by Crippen LogP contribution is -2.38. The first kappa shape index (κ1) is 19.3. The Morgan fingerprint density at radius 2 is 2.14 bits per heavy atom. The number of nitrogens with one attached hydrogen (secondary N) is 2. The number of amides is 1. The van der Waals surface area contributed by atoms with Gasteiger partial charge in [0.05, 0.1) is 6.20 Å². The van der Waals surface area contributed by atoms with Crippen molar-refractivity contribution in [2.24, 2.45) is 11.7 Å². The van der Waals surface area contributed by atoms with E-state index in [1.165, 1.54) is 5.56 Å². The van der Waals surface area contributed by atoms with Crippen molar-refractivity contribution in [1.82, 2.24) is 15.1 Å². The third-order valence-electron chi connectivity index (χ3n) is 5.51. The van der Waals surface area contributed by atoms with Gasteiger partial charge in [0.25, 0.3) is 0 Å². The second kappa shape index (κ2) is 8.53. The van der Waals surface area contributed by atoms with Gasteiger partial charge in [0.15, 0.2) is 5.76 Å². The summed E-state index contributed by atoms with van der Waals surface area (Å²) >= 11 is 0. The molecule has 1 saturated heterocycles. The summed E-state index contributed by atoms with van der Waals surface area (Å²) in [6, 6.07) is 12.4. The number of hydrogen-bond acceptors (Lipinski definition) is 5. The van der Waals surface area contributed by atoms with E-state index >= 15 is 0 Å². The Hall–Kier alpha value is -3.06. The molecule has 2 aromatic heterocycles. The molecule has 1 amide bonds. The quantitative estimate of drug-likeness (QED) is 0.572. The summed E-state index contributed by atoms with van der Waals surface area (Å²) < 4.78 is 5.71. The highest BCUT2D eigenvalue weighted by atomic mass is 16.3. The zero-order valence-corrected chi connectivity index (χ0v) is 16.6. The molecule has 4 N–H and O–H groups in total. The van der Waals surface area contributed by atoms with E-state index in [1.807, 2.05) is 25.3 Å². The van der Waals surface area contributed by atoms with Crippen molar-refractivity contribution in [3.8, 4) is 11.5 Å². The van der Waals surface area contributed by atoms with Crippen LogP contribution in [-0.2, 0) is 17.9 Å². The smallest absolute Gasteiger partial charge is 0.220 e. The van der Waals surface area contributed by atoms with Crippen molar-refractivity contribution in [1.29, 1.82) is 0 Å². The number of H-pyrrole nitrogens is 1. The van der Waals surface area contributed by atoms with Crippen LogP contribution in [0.5, 0.6) is 0 Å². The van der Waals surface area contributed by atoms with Crippen molar-refractivity contribution in [2.45, 2.75) is 32.9 Å². The highest BCUT2D eigenvalue weighted by Crippen LogP contribution is 2.25. The minimum absolute atomic E-state index is 0.0290. The lowest BCUT2D eigenvalue weighted by molar-refractivity contribution is -0.123. The summed E-state index contributed by atoms with van der Waals surface area (Å²) in [5.41, 5.74) is 9.70. The van der Waals surface area contributed by atoms with Crippen LogP contribution >= 0.6 is 0 Å². The van der Waals surface area contributed by atoms with E-state index < -0.39 is 0 Å². The number of carbonyl (C=O) groups is 1. The summed E-state index contributed by atoms with van der Waals surface area (Å²) in [6.07, 6.45) is 3.53. The number of anilines is 1. The number of aryl methyl sites for hydroxylation is 1. The number of nitrogens with zero attached hydrogens (tertiary/aromatic N) is 2. The fourth-order valence-corrected chi connectivity index (χ4v) is 3.84. The molecule has 1 fully saturated rings. The molecule has 1 aliphatic heterocycles. The normalized spacial score (nSPS) is 15.5. The monoisotopic (exact) mass is 393 g/mol. The van der Waals surface area contributed by atoms with Crippen molar-refractivity contribution >= 4 is 11.6 Å². The Kier molecular flexibility index (Phi) is 5.67. The Balaban J connectivity index is 1.36. The predicted octanol–water partition coefficient (Wildman–Crippen LogP) is 3.29. The van der Waals surface area contributed by atoms with Crippen LogP contribution in [-0.4, -0.2) is 34.1 Å². The molecule has 0 bridgehead atoms. The molecule has 1 aliphatic rings. The van der Waals surface area contributed by atoms with Crippen LogP contribution in [0.3, 0.4) is 0 Å². The molecule has 7 nitrogen and oxygen atoms in total. The van der Waals surface area contributed by atoms with Gasteiger partial charge in [-0.3, -0.25) is 14.8 Å². The minimum atomic E-state index is -0.167. The number of piperidine rings is 1. The van der Waals surface area contributed by atoms with Crippen LogP contribution in [0.4, 0.5) is 5.69 Å². The predicted molar refractivity (Wildman–Crippen MR) is 112 cm³/mol. The van der Waals surface area contributed by atoms with Crippen LogP contribution in [0, 0.1) is 12.8 Å². The maximum atomic E-state index is 11.3. The molecule has 152 valence electrons. The van der Waals surface area contributed by atoms with Gasteiger partial charge in [-0.1, -0.05) is 12.1 Å². The van der Waals surface area contributed by atoms with Gasteiger partial charge in [0.2, 0.25) is 5.91 Å². The Labute approximate surface area is 170 Å². The highest BCUT2D eigenvalue weighted by Gasteiger charge is 2.23. The number of aromatic nitrogens is 2. The molecule has 0 atom stereocenters. The van der Waals surface area contributed by atoms with Crippen LogP contribution in [0.1, 0.15) is 29.7 Å². The molecule has 0 unspecified atom stereocenters. The van der Waals surface area contributed by atoms with E-state index in [0.29, 0.717) is 6.54 Å². The summed E-state index contributed by atoms with van der Waals surface area (Å²) in [6.45, 7) is 5.28. The number of primary amides is 1. The number of rotatable bonds is 7. The van der Waals surface area contributed by atoms with Crippen molar-refractivity contribution in [2.75, 3.05) is 18.4 Å². The van der Waals surface area contributed by atoms with Gasteiger partial charge in [-0.25, -0.2) is 0 Å². The van der Waals surface area contributed by atoms with Crippen molar-refractivity contribution in [3.05, 3.63) is 59.5 Å². The molecule has 7 heteroatoms. The number of likely N-dealkylation sites (tertiary alicyclic amines) is 1. The zero-order valence-electron chi connectivity index (χ0n) is 16.6. The SMILES string of the molecule is Cc1ccc(-c2[nH]ncc2CNc2cccc(CN3CCC(C(N)=O)CC3)c2)o1. The number of furan rings is 1. The average Bonchev–Trinajstić information content (AvgIpc) is 3.35. The molecule has 3 heterocycles.